The molecule has 9 heteroatoms. The van der Waals surface area contributed by atoms with Crippen LogP contribution in [0.5, 0.6) is 5.75 Å². The number of ether oxygens (including phenoxy) is 1. The van der Waals surface area contributed by atoms with Crippen molar-refractivity contribution >= 4 is 27.6 Å². The van der Waals surface area contributed by atoms with E-state index in [-0.39, 0.29) is 11.3 Å². The summed E-state index contributed by atoms with van der Waals surface area (Å²) in [5.41, 5.74) is 2.04. The summed E-state index contributed by atoms with van der Waals surface area (Å²) in [6.45, 7) is 1.95. The second-order valence-electron chi connectivity index (χ2n) is 8.27. The van der Waals surface area contributed by atoms with Gasteiger partial charge in [0.05, 0.1) is 12.0 Å². The van der Waals surface area contributed by atoms with Gasteiger partial charge < -0.3 is 15.0 Å². The minimum Gasteiger partial charge on any atom is -0.497 e. The second kappa shape index (κ2) is 12.2. The third-order valence-corrected chi connectivity index (χ3v) is 7.12. The second-order valence-corrected chi connectivity index (χ2v) is 9.93. The Hall–Kier alpha value is -3.85. The van der Waals surface area contributed by atoms with Crippen molar-refractivity contribution in [3.8, 4) is 5.75 Å². The number of hydrogen-bond acceptors (Lipinski definition) is 5. The Morgan fingerprint density at radius 1 is 0.944 bits per heavy atom. The average Bonchev–Trinajstić information content (AvgIpc) is 2.88. The van der Waals surface area contributed by atoms with Crippen molar-refractivity contribution < 1.29 is 22.7 Å². The van der Waals surface area contributed by atoms with Gasteiger partial charge in [-0.3, -0.25) is 4.79 Å². The number of rotatable bonds is 10. The number of benzene rings is 3. The molecular formula is C27H31N3O5S. The molecule has 3 aromatic carbocycles. The van der Waals surface area contributed by atoms with Crippen LogP contribution in [-0.4, -0.2) is 40.6 Å². The number of anilines is 1. The predicted octanol–water partition coefficient (Wildman–Crippen LogP) is 3.91. The maximum absolute atomic E-state index is 13.4. The van der Waals surface area contributed by atoms with E-state index in [1.165, 1.54) is 11.0 Å². The lowest BCUT2D eigenvalue weighted by molar-refractivity contribution is -0.120. The van der Waals surface area contributed by atoms with E-state index in [1.54, 1.807) is 56.6 Å². The highest BCUT2D eigenvalue weighted by atomic mass is 32.2. The summed E-state index contributed by atoms with van der Waals surface area (Å²) >= 11 is 0. The van der Waals surface area contributed by atoms with Gasteiger partial charge in [0, 0.05) is 19.2 Å². The number of sulfonamides is 1. The highest BCUT2D eigenvalue weighted by Gasteiger charge is 2.28. The lowest BCUT2D eigenvalue weighted by Gasteiger charge is -2.25. The normalized spacial score (nSPS) is 11.9. The molecule has 1 atom stereocenters. The summed E-state index contributed by atoms with van der Waals surface area (Å²) in [6.07, 6.45) is 1.49. The maximum Gasteiger partial charge on any atom is 0.329 e. The van der Waals surface area contributed by atoms with Crippen molar-refractivity contribution in [2.45, 2.75) is 37.1 Å². The molecule has 0 heterocycles. The molecule has 3 aromatic rings. The Bertz CT molecular complexity index is 1280. The molecule has 0 bridgehead atoms. The maximum atomic E-state index is 13.4. The van der Waals surface area contributed by atoms with E-state index in [0.29, 0.717) is 23.4 Å². The summed E-state index contributed by atoms with van der Waals surface area (Å²) in [7, 11) is -0.988. The van der Waals surface area contributed by atoms with Gasteiger partial charge in [0.2, 0.25) is 5.91 Å². The highest BCUT2D eigenvalue weighted by molar-refractivity contribution is 7.90. The van der Waals surface area contributed by atoms with Crippen molar-refractivity contribution in [2.75, 3.05) is 19.1 Å². The number of hydrogen-bond donors (Lipinski definition) is 2. The lowest BCUT2D eigenvalue weighted by Crippen LogP contribution is -2.52. The fourth-order valence-corrected chi connectivity index (χ4v) is 5.01. The molecule has 2 N–H and O–H groups in total. The van der Waals surface area contributed by atoms with Crippen molar-refractivity contribution in [2.24, 2.45) is 0 Å². The predicted molar refractivity (Wildman–Crippen MR) is 140 cm³/mol. The molecule has 0 unspecified atom stereocenters. The molecule has 190 valence electrons. The molecule has 0 saturated heterocycles. The monoisotopic (exact) mass is 509 g/mol. The summed E-state index contributed by atoms with van der Waals surface area (Å²) in [5.74, 6) is 0.245. The number of carbonyl (C=O) groups excluding carboxylic acids is 2. The number of nitrogens with zero attached hydrogens (tertiary/aromatic N) is 1. The molecule has 3 amide bonds. The minimum absolute atomic E-state index is 0.0447. The molecule has 0 saturated carbocycles. The third kappa shape index (κ3) is 6.85. The van der Waals surface area contributed by atoms with Crippen molar-refractivity contribution in [1.82, 2.24) is 10.0 Å². The zero-order chi connectivity index (χ0) is 26.1. The largest absolute Gasteiger partial charge is 0.497 e. The van der Waals surface area contributed by atoms with Crippen LogP contribution in [0.2, 0.25) is 0 Å². The Kier molecular flexibility index (Phi) is 9.08. The lowest BCUT2D eigenvalue weighted by atomic mass is 10.0. The van der Waals surface area contributed by atoms with Gasteiger partial charge in [-0.15, -0.1) is 0 Å². The first-order chi connectivity index (χ1) is 17.2. The number of aryl methyl sites for hydroxylation is 1. The summed E-state index contributed by atoms with van der Waals surface area (Å²) < 4.78 is 33.2. The number of amides is 3. The Morgan fingerprint density at radius 2 is 1.58 bits per heavy atom. The van der Waals surface area contributed by atoms with Gasteiger partial charge in [-0.1, -0.05) is 61.9 Å². The smallest absolute Gasteiger partial charge is 0.329 e. The Labute approximate surface area is 212 Å². The van der Waals surface area contributed by atoms with E-state index in [9.17, 15) is 18.0 Å². The topological polar surface area (TPSA) is 105 Å². The summed E-state index contributed by atoms with van der Waals surface area (Å²) in [6, 6.07) is 20.7. The molecule has 36 heavy (non-hydrogen) atoms. The fourth-order valence-electron chi connectivity index (χ4n) is 3.82. The number of methoxy groups -OCH3 is 1. The van der Waals surface area contributed by atoms with Crippen LogP contribution in [0.4, 0.5) is 10.5 Å². The van der Waals surface area contributed by atoms with E-state index >= 15 is 0 Å². The van der Waals surface area contributed by atoms with Crippen molar-refractivity contribution in [1.29, 1.82) is 0 Å². The number of nitrogens with one attached hydrogen (secondary N) is 2. The van der Waals surface area contributed by atoms with E-state index in [1.807, 2.05) is 37.3 Å². The first-order valence-electron chi connectivity index (χ1n) is 11.6. The van der Waals surface area contributed by atoms with Crippen LogP contribution in [0.3, 0.4) is 0 Å². The van der Waals surface area contributed by atoms with Crippen molar-refractivity contribution in [3.05, 3.63) is 90.0 Å². The third-order valence-electron chi connectivity index (χ3n) is 5.68. The van der Waals surface area contributed by atoms with Gasteiger partial charge in [-0.2, -0.15) is 0 Å². The molecule has 0 fully saturated rings. The molecule has 3 rings (SSSR count). The van der Waals surface area contributed by atoms with Crippen LogP contribution in [0, 0.1) is 0 Å². The molecule has 0 aliphatic rings. The van der Waals surface area contributed by atoms with Crippen LogP contribution >= 0.6 is 0 Å². The van der Waals surface area contributed by atoms with Crippen LogP contribution in [0.25, 0.3) is 0 Å². The van der Waals surface area contributed by atoms with E-state index in [4.69, 9.17) is 4.74 Å². The average molecular weight is 510 g/mol. The van der Waals surface area contributed by atoms with Gasteiger partial charge >= 0.3 is 6.03 Å². The molecule has 0 radical (unpaired) electrons. The van der Waals surface area contributed by atoms with Crippen LogP contribution in [-0.2, 0) is 27.7 Å². The summed E-state index contributed by atoms with van der Waals surface area (Å²) in [5, 5.41) is 2.57. The summed E-state index contributed by atoms with van der Waals surface area (Å²) in [4.78, 5) is 27.7. The molecule has 8 nitrogen and oxygen atoms in total. The van der Waals surface area contributed by atoms with Gasteiger partial charge in [0.25, 0.3) is 10.0 Å². The Balaban J connectivity index is 1.82. The first-order valence-corrected chi connectivity index (χ1v) is 13.1. The molecular weight excluding hydrogens is 478 g/mol. The number of carbonyl (C=O) groups is 2. The van der Waals surface area contributed by atoms with E-state index in [0.717, 1.165) is 12.0 Å². The molecule has 0 aliphatic carbocycles. The molecule has 0 spiro atoms. The Morgan fingerprint density at radius 3 is 2.22 bits per heavy atom. The van der Waals surface area contributed by atoms with E-state index in [2.05, 4.69) is 10.0 Å². The number of urea groups is 1. The van der Waals surface area contributed by atoms with E-state index < -0.39 is 28.0 Å². The zero-order valence-corrected chi connectivity index (χ0v) is 21.4. The van der Waals surface area contributed by atoms with Gasteiger partial charge in [0.1, 0.15) is 11.8 Å². The molecule has 0 aromatic heterocycles. The first kappa shape index (κ1) is 26.7. The van der Waals surface area contributed by atoms with Crippen LogP contribution in [0.15, 0.2) is 83.8 Å². The van der Waals surface area contributed by atoms with Gasteiger partial charge in [-0.05, 0) is 47.9 Å². The van der Waals surface area contributed by atoms with Gasteiger partial charge in [0.15, 0.2) is 0 Å². The number of likely N-dealkylation sites (N-methyl/N-ethyl adjacent to an activating group) is 1. The van der Waals surface area contributed by atoms with Crippen molar-refractivity contribution in [3.63, 3.8) is 0 Å². The molecule has 0 aliphatic heterocycles. The standard InChI is InChI=1S/C27H31N3O5S/c1-4-10-21-13-8-9-14-25(21)36(33,34)29-27(32)28-24(19-20-11-6-5-7-12-20)26(31)30(2)22-15-17-23(35-3)18-16-22/h5-9,11-18,24H,4,10,19H2,1-3H3,(H2,28,29,32)/t24-/m0/s1. The fraction of sp³-hybridized carbons (Fsp3) is 0.259. The highest BCUT2D eigenvalue weighted by Crippen LogP contribution is 2.20. The van der Waals surface area contributed by atoms with Crippen LogP contribution in [0.1, 0.15) is 24.5 Å². The van der Waals surface area contributed by atoms with Crippen LogP contribution < -0.4 is 19.7 Å². The van der Waals surface area contributed by atoms with Gasteiger partial charge in [-0.25, -0.2) is 17.9 Å². The SMILES string of the molecule is CCCc1ccccc1S(=O)(=O)NC(=O)N[C@@H](Cc1ccccc1)C(=O)N(C)c1ccc(OC)cc1. The zero-order valence-electron chi connectivity index (χ0n) is 20.6. The quantitative estimate of drug-likeness (QED) is 0.431. The minimum atomic E-state index is -4.14.